The maximum Gasteiger partial charge on any atom is 0.344 e. The third-order valence-corrected chi connectivity index (χ3v) is 3.35. The Kier molecular flexibility index (Phi) is 7.81. The van der Waals surface area contributed by atoms with Crippen molar-refractivity contribution in [3.8, 4) is 0 Å². The molecule has 0 spiro atoms. The van der Waals surface area contributed by atoms with Crippen LogP contribution >= 0.6 is 35.3 Å². The normalized spacial score (nSPS) is 16.9. The monoisotopic (exact) mass is 242 g/mol. The van der Waals surface area contributed by atoms with Gasteiger partial charge in [0, 0.05) is 9.47 Å². The molecule has 0 aromatic carbocycles. The lowest BCUT2D eigenvalue weighted by Gasteiger charge is -2.11. The molecule has 7 nitrogen and oxygen atoms in total. The first-order valence-electron chi connectivity index (χ1n) is 1.95. The highest BCUT2D eigenvalue weighted by molar-refractivity contribution is 7.61. The van der Waals surface area contributed by atoms with Crippen molar-refractivity contribution < 1.29 is 32.5 Å². The minimum absolute atomic E-state index is 1.71. The van der Waals surface area contributed by atoms with Crippen LogP contribution in [0.5, 0.6) is 0 Å². The molecule has 0 aromatic heterocycles. The summed E-state index contributed by atoms with van der Waals surface area (Å²) in [5.41, 5.74) is 0. The van der Waals surface area contributed by atoms with Crippen molar-refractivity contribution in [1.29, 1.82) is 0 Å². The Morgan fingerprint density at radius 3 is 1.82 bits per heavy atom. The van der Waals surface area contributed by atoms with Crippen molar-refractivity contribution in [1.82, 2.24) is 0 Å². The lowest BCUT2D eigenvalue weighted by atomic mass is 15.7. The van der Waals surface area contributed by atoms with Crippen LogP contribution in [0.2, 0.25) is 0 Å². The first-order valence-corrected chi connectivity index (χ1v) is 5.85. The van der Waals surface area contributed by atoms with E-state index >= 15 is 0 Å². The van der Waals surface area contributed by atoms with Crippen molar-refractivity contribution >= 4 is 35.3 Å². The minimum atomic E-state index is -2.68. The maximum absolute atomic E-state index is 8.60. The molecule has 11 heavy (non-hydrogen) atoms. The van der Waals surface area contributed by atoms with E-state index in [1.54, 1.807) is 9.47 Å². The summed E-state index contributed by atoms with van der Waals surface area (Å²) in [7, 11) is -5.72. The SMILES string of the molecule is OP(O)OP(O)OP(O)OP. The van der Waals surface area contributed by atoms with E-state index < -0.39 is 25.8 Å². The van der Waals surface area contributed by atoms with E-state index in [9.17, 15) is 0 Å². The Bertz CT molecular complexity index is 94.4. The molecule has 0 radical (unpaired) electrons. The average molecular weight is 242 g/mol. The predicted octanol–water partition coefficient (Wildman–Crippen LogP) is 0.476. The molecule has 0 aliphatic heterocycles. The largest absolute Gasteiger partial charge is 0.344 e. The summed E-state index contributed by atoms with van der Waals surface area (Å²) >= 11 is 0. The number of hydrogen-bond acceptors (Lipinski definition) is 7. The fraction of sp³-hybridized carbons (Fsp3) is 0. The molecule has 11 heteroatoms. The van der Waals surface area contributed by atoms with E-state index in [4.69, 9.17) is 19.6 Å². The zero-order chi connectivity index (χ0) is 8.85. The van der Waals surface area contributed by atoms with Crippen LogP contribution in [0.15, 0.2) is 0 Å². The Hall–Kier alpha value is 1.44. The average Bonchev–Trinajstić information content (AvgIpc) is 1.85. The molecule has 0 saturated heterocycles. The van der Waals surface area contributed by atoms with Gasteiger partial charge in [0.2, 0.25) is 0 Å². The van der Waals surface area contributed by atoms with Crippen LogP contribution in [0.25, 0.3) is 0 Å². The highest BCUT2D eigenvalue weighted by atomic mass is 31.3. The van der Waals surface area contributed by atoms with E-state index in [0.29, 0.717) is 0 Å². The molecule has 0 heterocycles. The highest BCUT2D eigenvalue weighted by Gasteiger charge is 2.18. The Labute approximate surface area is 68.6 Å². The second-order valence-corrected chi connectivity index (χ2v) is 4.60. The van der Waals surface area contributed by atoms with E-state index in [0.717, 1.165) is 0 Å². The Morgan fingerprint density at radius 2 is 1.45 bits per heavy atom. The van der Waals surface area contributed by atoms with Gasteiger partial charge >= 0.3 is 25.8 Å². The fourth-order valence-corrected chi connectivity index (χ4v) is 2.02. The summed E-state index contributed by atoms with van der Waals surface area (Å²) in [6.45, 7) is 0. The van der Waals surface area contributed by atoms with Crippen LogP contribution < -0.4 is 0 Å². The Morgan fingerprint density at radius 1 is 0.909 bits per heavy atom. The van der Waals surface area contributed by atoms with Gasteiger partial charge in [-0.1, -0.05) is 0 Å². The van der Waals surface area contributed by atoms with Crippen molar-refractivity contribution in [3.63, 3.8) is 0 Å². The van der Waals surface area contributed by atoms with Crippen LogP contribution in [-0.4, -0.2) is 19.6 Å². The van der Waals surface area contributed by atoms with Gasteiger partial charge in [0.15, 0.2) is 0 Å². The molecule has 0 saturated carbocycles. The van der Waals surface area contributed by atoms with Gasteiger partial charge < -0.3 is 19.6 Å². The standard InChI is InChI=1S/H6O7P4/c1-9(2)6-11(4)7-10(3)5-8/h1-4H,8H2. The lowest BCUT2D eigenvalue weighted by Crippen LogP contribution is -1.81. The van der Waals surface area contributed by atoms with Gasteiger partial charge in [-0.15, -0.1) is 0 Å². The molecule has 0 aromatic rings. The smallest absolute Gasteiger partial charge is 0.328 e. The molecule has 0 fully saturated rings. The quantitative estimate of drug-likeness (QED) is 0.519. The van der Waals surface area contributed by atoms with Crippen LogP contribution in [0.1, 0.15) is 0 Å². The second-order valence-electron chi connectivity index (χ2n) is 0.997. The van der Waals surface area contributed by atoms with Crippen molar-refractivity contribution in [2.45, 2.75) is 0 Å². The predicted molar refractivity (Wildman–Crippen MR) is 42.6 cm³/mol. The van der Waals surface area contributed by atoms with Crippen LogP contribution in [0.4, 0.5) is 0 Å². The molecule has 3 atom stereocenters. The molecule has 0 aliphatic carbocycles. The van der Waals surface area contributed by atoms with Crippen LogP contribution in [0, 0.1) is 0 Å². The maximum atomic E-state index is 8.60. The zero-order valence-electron chi connectivity index (χ0n) is 4.93. The van der Waals surface area contributed by atoms with E-state index in [2.05, 4.69) is 12.9 Å². The molecule has 0 aliphatic rings. The third-order valence-electron chi connectivity index (χ3n) is 0.373. The molecular formula is H6O7P4. The van der Waals surface area contributed by atoms with Gasteiger partial charge in [0.1, 0.15) is 0 Å². The molecule has 0 amide bonds. The first-order chi connectivity index (χ1) is 5.06. The summed E-state index contributed by atoms with van der Waals surface area (Å²) in [5.74, 6) is 0. The third kappa shape index (κ3) is 7.79. The van der Waals surface area contributed by atoms with Crippen molar-refractivity contribution in [2.75, 3.05) is 0 Å². The van der Waals surface area contributed by atoms with Gasteiger partial charge in [-0.2, -0.15) is 0 Å². The minimum Gasteiger partial charge on any atom is -0.328 e. The molecule has 0 bridgehead atoms. The van der Waals surface area contributed by atoms with Gasteiger partial charge in [-0.25, -0.2) is 8.62 Å². The molecular weight excluding hydrogens is 236 g/mol. The highest BCUT2D eigenvalue weighted by Crippen LogP contribution is 2.55. The number of rotatable bonds is 5. The van der Waals surface area contributed by atoms with Crippen molar-refractivity contribution in [2.24, 2.45) is 0 Å². The van der Waals surface area contributed by atoms with Gasteiger partial charge in [0.05, 0.1) is 0 Å². The van der Waals surface area contributed by atoms with E-state index in [1.807, 2.05) is 0 Å². The topological polar surface area (TPSA) is 109 Å². The molecule has 4 N–H and O–H groups in total. The molecule has 0 rings (SSSR count). The summed E-state index contributed by atoms with van der Waals surface area (Å²) < 4.78 is 12.3. The summed E-state index contributed by atoms with van der Waals surface area (Å²) in [6.07, 6.45) is 0. The van der Waals surface area contributed by atoms with Gasteiger partial charge in [-0.3, -0.25) is 4.31 Å². The summed E-state index contributed by atoms with van der Waals surface area (Å²) in [6, 6.07) is 0. The van der Waals surface area contributed by atoms with Crippen LogP contribution in [0.3, 0.4) is 0 Å². The molecule has 68 valence electrons. The Balaban J connectivity index is 3.43. The summed E-state index contributed by atoms with van der Waals surface area (Å²) in [5, 5.41) is 0. The zero-order valence-corrected chi connectivity index (χ0v) is 8.77. The number of hydrogen-bond donors (Lipinski definition) is 4. The van der Waals surface area contributed by atoms with Crippen LogP contribution in [-0.2, 0) is 12.9 Å². The van der Waals surface area contributed by atoms with E-state index in [1.165, 1.54) is 0 Å². The van der Waals surface area contributed by atoms with E-state index in [-0.39, 0.29) is 0 Å². The van der Waals surface area contributed by atoms with Gasteiger partial charge in [-0.05, 0) is 0 Å². The molecule has 3 unspecified atom stereocenters. The fourth-order valence-electron chi connectivity index (χ4n) is 0.156. The summed E-state index contributed by atoms with van der Waals surface area (Å²) in [4.78, 5) is 33.5. The van der Waals surface area contributed by atoms with Gasteiger partial charge in [0.25, 0.3) is 0 Å². The first kappa shape index (κ1) is 12.4. The van der Waals surface area contributed by atoms with Crippen molar-refractivity contribution in [3.05, 3.63) is 0 Å². The lowest BCUT2D eigenvalue weighted by molar-refractivity contribution is 0.313. The second kappa shape index (κ2) is 6.90.